The van der Waals surface area contributed by atoms with Gasteiger partial charge in [0.2, 0.25) is 0 Å². The molecule has 0 aliphatic heterocycles. The lowest BCUT2D eigenvalue weighted by atomic mass is 9.97. The third kappa shape index (κ3) is 1.89. The van der Waals surface area contributed by atoms with E-state index in [1.54, 1.807) is 25.3 Å². The Hall–Kier alpha value is -2.82. The van der Waals surface area contributed by atoms with E-state index in [4.69, 9.17) is 4.74 Å². The average molecular weight is 268 g/mol. The van der Waals surface area contributed by atoms with Crippen LogP contribution in [0.3, 0.4) is 0 Å². The van der Waals surface area contributed by atoms with E-state index in [0.717, 1.165) is 11.3 Å². The molecule has 2 aromatic carbocycles. The zero-order valence-corrected chi connectivity index (χ0v) is 10.8. The molecule has 0 aliphatic rings. The number of aromatic carboxylic acids is 1. The molecule has 0 amide bonds. The van der Waals surface area contributed by atoms with Crippen molar-refractivity contribution in [2.45, 2.75) is 0 Å². The lowest BCUT2D eigenvalue weighted by molar-refractivity contribution is 0.0700. The normalized spacial score (nSPS) is 10.7. The molecule has 2 N–H and O–H groups in total. The summed E-state index contributed by atoms with van der Waals surface area (Å²) in [5, 5.41) is 16.8. The molecule has 0 bridgehead atoms. The molecule has 20 heavy (non-hydrogen) atoms. The third-order valence-corrected chi connectivity index (χ3v) is 3.24. The Bertz CT molecular complexity index is 775. The number of carbonyl (C=O) groups is 1. The Balaban J connectivity index is 2.23. The molecular weight excluding hydrogens is 256 g/mol. The topological polar surface area (TPSA) is 75.2 Å². The van der Waals surface area contributed by atoms with Crippen molar-refractivity contribution in [3.8, 4) is 16.9 Å². The third-order valence-electron chi connectivity index (χ3n) is 3.24. The van der Waals surface area contributed by atoms with E-state index in [1.165, 1.54) is 6.20 Å². The van der Waals surface area contributed by atoms with Crippen molar-refractivity contribution in [1.82, 2.24) is 10.2 Å². The van der Waals surface area contributed by atoms with Gasteiger partial charge in [-0.1, -0.05) is 18.2 Å². The maximum absolute atomic E-state index is 11.6. The summed E-state index contributed by atoms with van der Waals surface area (Å²) in [5.74, 6) is -0.238. The number of ether oxygens (including phenoxy) is 1. The quantitative estimate of drug-likeness (QED) is 0.765. The predicted molar refractivity (Wildman–Crippen MR) is 75.0 cm³/mol. The first-order chi connectivity index (χ1) is 9.70. The molecule has 0 unspecified atom stereocenters. The van der Waals surface area contributed by atoms with E-state index in [1.807, 2.05) is 18.2 Å². The molecule has 3 aromatic rings. The molecule has 100 valence electrons. The van der Waals surface area contributed by atoms with Crippen LogP contribution in [0.4, 0.5) is 0 Å². The molecule has 0 spiro atoms. The van der Waals surface area contributed by atoms with Gasteiger partial charge in [-0.3, -0.25) is 5.10 Å². The van der Waals surface area contributed by atoms with Crippen LogP contribution in [-0.4, -0.2) is 28.4 Å². The molecule has 0 radical (unpaired) electrons. The van der Waals surface area contributed by atoms with Gasteiger partial charge in [-0.2, -0.15) is 5.10 Å². The van der Waals surface area contributed by atoms with Crippen molar-refractivity contribution in [2.24, 2.45) is 0 Å². The van der Waals surface area contributed by atoms with Gasteiger partial charge in [-0.25, -0.2) is 4.79 Å². The number of carboxylic acids is 1. The van der Waals surface area contributed by atoms with Gasteiger partial charge in [0.05, 0.1) is 24.4 Å². The Morgan fingerprint density at radius 1 is 1.20 bits per heavy atom. The van der Waals surface area contributed by atoms with Gasteiger partial charge >= 0.3 is 5.97 Å². The van der Waals surface area contributed by atoms with E-state index in [9.17, 15) is 9.90 Å². The van der Waals surface area contributed by atoms with Gasteiger partial charge in [0, 0.05) is 5.39 Å². The van der Waals surface area contributed by atoms with E-state index in [0.29, 0.717) is 16.5 Å². The van der Waals surface area contributed by atoms with E-state index < -0.39 is 5.97 Å². The van der Waals surface area contributed by atoms with Crippen LogP contribution in [0.2, 0.25) is 0 Å². The first-order valence-electron chi connectivity index (χ1n) is 6.04. The summed E-state index contributed by atoms with van der Waals surface area (Å²) < 4.78 is 5.11. The van der Waals surface area contributed by atoms with E-state index >= 15 is 0 Å². The molecule has 5 nitrogen and oxygen atoms in total. The summed E-state index contributed by atoms with van der Waals surface area (Å²) in [4.78, 5) is 11.6. The van der Waals surface area contributed by atoms with Crippen LogP contribution in [0.15, 0.2) is 42.6 Å². The second kappa shape index (κ2) is 4.70. The second-order valence-corrected chi connectivity index (χ2v) is 4.35. The molecule has 0 fully saturated rings. The van der Waals surface area contributed by atoms with Gasteiger partial charge in [-0.05, 0) is 29.3 Å². The number of rotatable bonds is 3. The fourth-order valence-corrected chi connectivity index (χ4v) is 2.26. The molecule has 0 aliphatic carbocycles. The second-order valence-electron chi connectivity index (χ2n) is 4.35. The summed E-state index contributed by atoms with van der Waals surface area (Å²) in [6.07, 6.45) is 1.53. The molecular formula is C15H12N2O3. The first kappa shape index (κ1) is 12.2. The summed E-state index contributed by atoms with van der Waals surface area (Å²) in [6, 6.07) is 10.9. The average Bonchev–Trinajstić information content (AvgIpc) is 2.94. The van der Waals surface area contributed by atoms with Crippen LogP contribution >= 0.6 is 0 Å². The van der Waals surface area contributed by atoms with Crippen molar-refractivity contribution in [1.29, 1.82) is 0 Å². The smallest absolute Gasteiger partial charge is 0.337 e. The molecule has 0 saturated heterocycles. The van der Waals surface area contributed by atoms with Gasteiger partial charge in [0.1, 0.15) is 5.75 Å². The fourth-order valence-electron chi connectivity index (χ4n) is 2.26. The van der Waals surface area contributed by atoms with Gasteiger partial charge < -0.3 is 9.84 Å². The lowest BCUT2D eigenvalue weighted by Crippen LogP contribution is -2.00. The number of benzene rings is 2. The highest BCUT2D eigenvalue weighted by Gasteiger charge is 2.16. The molecule has 3 rings (SSSR count). The van der Waals surface area contributed by atoms with E-state index in [2.05, 4.69) is 10.2 Å². The maximum atomic E-state index is 11.6. The van der Waals surface area contributed by atoms with Crippen molar-refractivity contribution < 1.29 is 14.6 Å². The zero-order valence-electron chi connectivity index (χ0n) is 10.8. The van der Waals surface area contributed by atoms with Crippen molar-refractivity contribution in [3.05, 3.63) is 48.2 Å². The molecule has 1 aromatic heterocycles. The largest absolute Gasteiger partial charge is 0.497 e. The highest BCUT2D eigenvalue weighted by atomic mass is 16.5. The molecule has 5 heteroatoms. The number of aromatic amines is 1. The summed E-state index contributed by atoms with van der Waals surface area (Å²) in [6.45, 7) is 0. The number of H-pyrrole nitrogens is 1. The van der Waals surface area contributed by atoms with Crippen molar-refractivity contribution in [3.63, 3.8) is 0 Å². The minimum absolute atomic E-state index is 0.251. The van der Waals surface area contributed by atoms with Gasteiger partial charge in [-0.15, -0.1) is 0 Å². The van der Waals surface area contributed by atoms with Crippen LogP contribution in [0.25, 0.3) is 22.0 Å². The fraction of sp³-hybridized carbons (Fsp3) is 0.0667. The highest BCUT2D eigenvalue weighted by molar-refractivity contribution is 6.08. The van der Waals surface area contributed by atoms with Crippen LogP contribution < -0.4 is 4.74 Å². The summed E-state index contributed by atoms with van der Waals surface area (Å²) in [5.41, 5.74) is 2.45. The monoisotopic (exact) mass is 268 g/mol. The number of hydrogen-bond acceptors (Lipinski definition) is 3. The zero-order chi connectivity index (χ0) is 14.1. The minimum Gasteiger partial charge on any atom is -0.497 e. The van der Waals surface area contributed by atoms with Gasteiger partial charge in [0.15, 0.2) is 0 Å². The van der Waals surface area contributed by atoms with Crippen LogP contribution in [-0.2, 0) is 0 Å². The first-order valence-corrected chi connectivity index (χ1v) is 6.04. The molecule has 0 saturated carbocycles. The molecule has 0 atom stereocenters. The van der Waals surface area contributed by atoms with Gasteiger partial charge in [0.25, 0.3) is 0 Å². The number of nitrogens with one attached hydrogen (secondary N) is 1. The van der Waals surface area contributed by atoms with Crippen molar-refractivity contribution in [2.75, 3.05) is 7.11 Å². The number of aromatic nitrogens is 2. The summed E-state index contributed by atoms with van der Waals surface area (Å²) >= 11 is 0. The maximum Gasteiger partial charge on any atom is 0.337 e. The Kier molecular flexibility index (Phi) is 2.87. The summed E-state index contributed by atoms with van der Waals surface area (Å²) in [7, 11) is 1.59. The van der Waals surface area contributed by atoms with Crippen LogP contribution in [0, 0.1) is 0 Å². The molecule has 1 heterocycles. The lowest BCUT2D eigenvalue weighted by Gasteiger charge is -2.08. The van der Waals surface area contributed by atoms with Crippen LogP contribution in [0.5, 0.6) is 5.75 Å². The highest BCUT2D eigenvalue weighted by Crippen LogP contribution is 2.30. The number of carboxylic acid groups (broad SMARTS) is 1. The number of nitrogens with zero attached hydrogens (tertiary/aromatic N) is 1. The minimum atomic E-state index is -0.970. The predicted octanol–water partition coefficient (Wildman–Crippen LogP) is 2.94. The Labute approximate surface area is 114 Å². The number of fused-ring (bicyclic) bond motifs is 1. The van der Waals surface area contributed by atoms with Crippen molar-refractivity contribution >= 4 is 16.9 Å². The standard InChI is InChI=1S/C15H12N2O3/c1-20-10-4-2-9(3-5-10)11-6-7-13-12(8-16-17-13)14(11)15(18)19/h2-8H,1H3,(H,16,17)(H,18,19). The Morgan fingerprint density at radius 3 is 2.60 bits per heavy atom. The van der Waals surface area contributed by atoms with Crippen LogP contribution in [0.1, 0.15) is 10.4 Å². The SMILES string of the molecule is COc1ccc(-c2ccc3[nH]ncc3c2C(=O)O)cc1. The number of hydrogen-bond donors (Lipinski definition) is 2. The van der Waals surface area contributed by atoms with E-state index in [-0.39, 0.29) is 5.56 Å². The number of methoxy groups -OCH3 is 1. The Morgan fingerprint density at radius 2 is 1.95 bits per heavy atom.